The molecule has 4 nitrogen and oxygen atoms in total. The van der Waals surface area contributed by atoms with Gasteiger partial charge in [0.05, 0.1) is 0 Å². The minimum Gasteiger partial charge on any atom is -0.434 e. The molecule has 2 atom stereocenters. The molecule has 0 bridgehead atoms. The zero-order valence-corrected chi connectivity index (χ0v) is 12.5. The summed E-state index contributed by atoms with van der Waals surface area (Å²) in [6.45, 7) is -0.664. The Bertz CT molecular complexity index is 540. The Labute approximate surface area is 127 Å². The van der Waals surface area contributed by atoms with Crippen LogP contribution in [0, 0.1) is 5.82 Å². The first-order valence-corrected chi connectivity index (χ1v) is 7.11. The number of amides is 1. The first-order chi connectivity index (χ1) is 10.4. The van der Waals surface area contributed by atoms with E-state index in [1.807, 2.05) is 0 Å². The molecular weight excluding hydrogens is 297 g/mol. The maximum atomic E-state index is 13.2. The Balaban J connectivity index is 2.08. The minimum absolute atomic E-state index is 0.0575. The van der Waals surface area contributed by atoms with Gasteiger partial charge in [0.1, 0.15) is 11.6 Å². The van der Waals surface area contributed by atoms with Crippen LogP contribution in [-0.4, -0.2) is 37.1 Å². The van der Waals surface area contributed by atoms with Crippen molar-refractivity contribution in [3.05, 3.63) is 29.6 Å². The summed E-state index contributed by atoms with van der Waals surface area (Å²) in [7, 11) is 1.73. The molecule has 0 spiro atoms. The van der Waals surface area contributed by atoms with Crippen molar-refractivity contribution in [2.24, 2.45) is 0 Å². The third-order valence-corrected chi connectivity index (χ3v) is 3.77. The molecule has 1 heterocycles. The molecular formula is C15H19F3N2O2. The molecule has 22 heavy (non-hydrogen) atoms. The van der Waals surface area contributed by atoms with Gasteiger partial charge >= 0.3 is 6.61 Å². The van der Waals surface area contributed by atoms with Crippen molar-refractivity contribution in [3.8, 4) is 5.75 Å². The first-order valence-electron chi connectivity index (χ1n) is 7.11. The van der Waals surface area contributed by atoms with Crippen LogP contribution in [0.4, 0.5) is 13.2 Å². The Kier molecular flexibility index (Phi) is 5.28. The van der Waals surface area contributed by atoms with Crippen molar-refractivity contribution in [3.63, 3.8) is 0 Å². The topological polar surface area (TPSA) is 41.6 Å². The van der Waals surface area contributed by atoms with E-state index in [9.17, 15) is 18.0 Å². The molecule has 1 aromatic carbocycles. The summed E-state index contributed by atoms with van der Waals surface area (Å²) >= 11 is 0. The number of hydrogen-bond donors (Lipinski definition) is 1. The molecule has 7 heteroatoms. The quantitative estimate of drug-likeness (QED) is 0.908. The molecule has 2 rings (SSSR count). The summed E-state index contributed by atoms with van der Waals surface area (Å²) in [5, 5.41) is 3.28. The van der Waals surface area contributed by atoms with Gasteiger partial charge in [-0.25, -0.2) is 4.39 Å². The monoisotopic (exact) mass is 316 g/mol. The highest BCUT2D eigenvalue weighted by Gasteiger charge is 2.25. The fourth-order valence-corrected chi connectivity index (χ4v) is 2.66. The van der Waals surface area contributed by atoms with Crippen LogP contribution in [0.1, 0.15) is 31.4 Å². The van der Waals surface area contributed by atoms with E-state index in [1.54, 1.807) is 18.9 Å². The number of likely N-dealkylation sites (tertiary alicyclic amines) is 1. The standard InChI is InChI=1S/C15H19F3N2O2/c1-9(19-11-4-6-14(21)20(2)8-11)12-5-3-10(16)7-13(12)22-15(17)18/h3,5,7,9,11,15,19H,4,6,8H2,1-2H3. The molecule has 1 saturated heterocycles. The molecule has 1 aromatic rings. The number of nitrogens with one attached hydrogen (secondary N) is 1. The molecule has 1 amide bonds. The van der Waals surface area contributed by atoms with Gasteiger partial charge in [-0.05, 0) is 19.4 Å². The average Bonchev–Trinajstić information content (AvgIpc) is 2.42. The molecule has 0 aromatic heterocycles. The molecule has 122 valence electrons. The summed E-state index contributed by atoms with van der Waals surface area (Å²) in [6.07, 6.45) is 1.13. The van der Waals surface area contributed by atoms with Crippen LogP contribution in [0.15, 0.2) is 18.2 Å². The van der Waals surface area contributed by atoms with E-state index in [-0.39, 0.29) is 23.7 Å². The third kappa shape index (κ3) is 4.13. The molecule has 1 N–H and O–H groups in total. The summed E-state index contributed by atoms with van der Waals surface area (Å²) in [6, 6.07) is 3.35. The van der Waals surface area contributed by atoms with Crippen LogP contribution in [-0.2, 0) is 4.79 Å². The lowest BCUT2D eigenvalue weighted by atomic mass is 10.0. The largest absolute Gasteiger partial charge is 0.434 e. The van der Waals surface area contributed by atoms with Crippen LogP contribution in [0.3, 0.4) is 0 Å². The second kappa shape index (κ2) is 7.00. The zero-order chi connectivity index (χ0) is 16.3. The Morgan fingerprint density at radius 2 is 2.14 bits per heavy atom. The smallest absolute Gasteiger partial charge is 0.387 e. The maximum Gasteiger partial charge on any atom is 0.387 e. The third-order valence-electron chi connectivity index (χ3n) is 3.77. The van der Waals surface area contributed by atoms with Gasteiger partial charge in [-0.15, -0.1) is 0 Å². The van der Waals surface area contributed by atoms with Crippen molar-refractivity contribution in [2.75, 3.05) is 13.6 Å². The molecule has 1 aliphatic rings. The number of likely N-dealkylation sites (N-methyl/N-ethyl adjacent to an activating group) is 1. The Morgan fingerprint density at radius 1 is 1.41 bits per heavy atom. The summed E-state index contributed by atoms with van der Waals surface area (Å²) in [5.41, 5.74) is 0.459. The summed E-state index contributed by atoms with van der Waals surface area (Å²) < 4.78 is 42.5. The SMILES string of the molecule is CC(NC1CCC(=O)N(C)C1)c1ccc(F)cc1OC(F)F. The predicted molar refractivity (Wildman–Crippen MR) is 75.2 cm³/mol. The molecule has 0 saturated carbocycles. The summed E-state index contributed by atoms with van der Waals surface area (Å²) in [4.78, 5) is 13.1. The van der Waals surface area contributed by atoms with Crippen LogP contribution in [0.25, 0.3) is 0 Å². The van der Waals surface area contributed by atoms with Crippen LogP contribution >= 0.6 is 0 Å². The molecule has 0 aliphatic carbocycles. The van der Waals surface area contributed by atoms with Crippen molar-refractivity contribution < 1.29 is 22.7 Å². The molecule has 2 unspecified atom stereocenters. The number of carbonyl (C=O) groups is 1. The van der Waals surface area contributed by atoms with Crippen molar-refractivity contribution in [1.29, 1.82) is 0 Å². The van der Waals surface area contributed by atoms with Crippen LogP contribution < -0.4 is 10.1 Å². The lowest BCUT2D eigenvalue weighted by Crippen LogP contribution is -2.47. The van der Waals surface area contributed by atoms with E-state index in [0.717, 1.165) is 6.07 Å². The van der Waals surface area contributed by atoms with Crippen molar-refractivity contribution >= 4 is 5.91 Å². The number of alkyl halides is 2. The predicted octanol–water partition coefficient (Wildman–Crippen LogP) is 2.70. The minimum atomic E-state index is -3.01. The van der Waals surface area contributed by atoms with Crippen LogP contribution in [0.2, 0.25) is 0 Å². The number of hydrogen-bond acceptors (Lipinski definition) is 3. The van der Waals surface area contributed by atoms with Crippen molar-refractivity contribution in [1.82, 2.24) is 10.2 Å². The highest BCUT2D eigenvalue weighted by molar-refractivity contribution is 5.76. The fourth-order valence-electron chi connectivity index (χ4n) is 2.66. The molecule has 1 aliphatic heterocycles. The fraction of sp³-hybridized carbons (Fsp3) is 0.533. The van der Waals surface area contributed by atoms with Gasteiger partial charge in [-0.1, -0.05) is 6.07 Å². The van der Waals surface area contributed by atoms with E-state index in [2.05, 4.69) is 10.1 Å². The van der Waals surface area contributed by atoms with Gasteiger partial charge < -0.3 is 15.0 Å². The number of halogens is 3. The Hall–Kier alpha value is -1.76. The number of ether oxygens (including phenoxy) is 1. The van der Waals surface area contributed by atoms with E-state index in [1.165, 1.54) is 12.1 Å². The molecule has 0 radical (unpaired) electrons. The lowest BCUT2D eigenvalue weighted by molar-refractivity contribution is -0.132. The number of rotatable bonds is 5. The zero-order valence-electron chi connectivity index (χ0n) is 12.5. The van der Waals surface area contributed by atoms with Crippen LogP contribution in [0.5, 0.6) is 5.75 Å². The Morgan fingerprint density at radius 3 is 2.77 bits per heavy atom. The van der Waals surface area contributed by atoms with Gasteiger partial charge in [0.15, 0.2) is 0 Å². The second-order valence-electron chi connectivity index (χ2n) is 5.46. The normalized spacial score (nSPS) is 20.4. The second-order valence-corrected chi connectivity index (χ2v) is 5.46. The van der Waals surface area contributed by atoms with Gasteiger partial charge in [-0.3, -0.25) is 4.79 Å². The van der Waals surface area contributed by atoms with E-state index in [4.69, 9.17) is 0 Å². The average molecular weight is 316 g/mol. The van der Waals surface area contributed by atoms with E-state index in [0.29, 0.717) is 24.9 Å². The number of benzene rings is 1. The van der Waals surface area contributed by atoms with E-state index < -0.39 is 12.4 Å². The first kappa shape index (κ1) is 16.6. The van der Waals surface area contributed by atoms with Gasteiger partial charge in [0, 0.05) is 43.7 Å². The maximum absolute atomic E-state index is 13.2. The van der Waals surface area contributed by atoms with Gasteiger partial charge in [0.25, 0.3) is 0 Å². The number of piperidine rings is 1. The summed E-state index contributed by atoms with van der Waals surface area (Å²) in [5.74, 6) is -0.709. The van der Waals surface area contributed by atoms with Gasteiger partial charge in [0.2, 0.25) is 5.91 Å². The lowest BCUT2D eigenvalue weighted by Gasteiger charge is -2.32. The number of nitrogens with zero attached hydrogens (tertiary/aromatic N) is 1. The number of carbonyl (C=O) groups excluding carboxylic acids is 1. The van der Waals surface area contributed by atoms with Gasteiger partial charge in [-0.2, -0.15) is 8.78 Å². The molecule has 1 fully saturated rings. The highest BCUT2D eigenvalue weighted by Crippen LogP contribution is 2.28. The highest BCUT2D eigenvalue weighted by atomic mass is 19.3. The van der Waals surface area contributed by atoms with E-state index >= 15 is 0 Å². The van der Waals surface area contributed by atoms with Crippen molar-refractivity contribution in [2.45, 2.75) is 38.5 Å².